The maximum Gasteiger partial charge on any atom is 0.341 e. The van der Waals surface area contributed by atoms with Crippen LogP contribution < -0.4 is 10.3 Å². The van der Waals surface area contributed by atoms with Gasteiger partial charge in [0.1, 0.15) is 11.3 Å². The molecule has 166 valence electrons. The Hall–Kier alpha value is -2.36. The zero-order valence-corrected chi connectivity index (χ0v) is 18.5. The van der Waals surface area contributed by atoms with Gasteiger partial charge < -0.3 is 19.1 Å². The minimum atomic E-state index is -3.79. The van der Waals surface area contributed by atoms with Crippen molar-refractivity contribution in [3.8, 4) is 17.0 Å². The third-order valence-electron chi connectivity index (χ3n) is 5.70. The Morgan fingerprint density at radius 3 is 2.61 bits per heavy atom. The second kappa shape index (κ2) is 8.29. The van der Waals surface area contributed by atoms with Gasteiger partial charge >= 0.3 is 5.97 Å². The summed E-state index contributed by atoms with van der Waals surface area (Å²) in [5.41, 5.74) is -0.0271. The molecule has 10 heteroatoms. The molecule has 2 aliphatic rings. The molecule has 1 fully saturated rings. The fourth-order valence-electron chi connectivity index (χ4n) is 4.01. The van der Waals surface area contributed by atoms with Crippen LogP contribution in [0.2, 0.25) is 5.02 Å². The minimum absolute atomic E-state index is 0.0293. The van der Waals surface area contributed by atoms with Crippen LogP contribution in [0.3, 0.4) is 0 Å². The fourth-order valence-corrected chi connectivity index (χ4v) is 5.79. The van der Waals surface area contributed by atoms with Gasteiger partial charge in [-0.2, -0.15) is 0 Å². The van der Waals surface area contributed by atoms with Crippen LogP contribution in [0.1, 0.15) is 47.6 Å². The van der Waals surface area contributed by atoms with E-state index in [2.05, 4.69) is 0 Å². The lowest BCUT2D eigenvalue weighted by Crippen LogP contribution is -2.36. The van der Waals surface area contributed by atoms with E-state index in [9.17, 15) is 23.1 Å². The van der Waals surface area contributed by atoms with Crippen molar-refractivity contribution in [1.82, 2.24) is 4.57 Å². The number of nitrogens with zero attached hydrogens (tertiary/aromatic N) is 1. The molecule has 1 aliphatic carbocycles. The summed E-state index contributed by atoms with van der Waals surface area (Å²) in [7, 11) is -2.21. The van der Waals surface area contributed by atoms with Crippen LogP contribution >= 0.6 is 11.6 Å². The van der Waals surface area contributed by atoms with Crippen LogP contribution in [0.5, 0.6) is 5.75 Å². The Morgan fingerprint density at radius 2 is 2.00 bits per heavy atom. The van der Waals surface area contributed by atoms with Crippen LogP contribution in [-0.4, -0.2) is 44.4 Å². The molecule has 1 N–H and O–H groups in total. The lowest BCUT2D eigenvalue weighted by atomic mass is 9.90. The van der Waals surface area contributed by atoms with Crippen molar-refractivity contribution in [3.05, 3.63) is 44.7 Å². The predicted octanol–water partition coefficient (Wildman–Crippen LogP) is 3.29. The lowest BCUT2D eigenvalue weighted by Gasteiger charge is -2.33. The quantitative estimate of drug-likeness (QED) is 0.621. The molecule has 2 heterocycles. The average molecular weight is 468 g/mol. The highest BCUT2D eigenvalue weighted by Crippen LogP contribution is 2.45. The van der Waals surface area contributed by atoms with Crippen LogP contribution in [0, 0.1) is 0 Å². The SMILES string of the molecule is COCCCOc1cc2c(cc1Cl)-c1c(cc(C(=O)O)c(=O)n1C1CCC1)CS2(=O)=O. The number of ether oxygens (including phenoxy) is 2. The van der Waals surface area contributed by atoms with Gasteiger partial charge in [0.25, 0.3) is 5.56 Å². The second-order valence-corrected chi connectivity index (χ2v) is 10.1. The van der Waals surface area contributed by atoms with Gasteiger partial charge in [-0.3, -0.25) is 4.79 Å². The molecule has 0 saturated heterocycles. The summed E-state index contributed by atoms with van der Waals surface area (Å²) in [4.78, 5) is 24.7. The van der Waals surface area contributed by atoms with Crippen LogP contribution in [0.4, 0.5) is 0 Å². The van der Waals surface area contributed by atoms with E-state index in [1.54, 1.807) is 7.11 Å². The summed E-state index contributed by atoms with van der Waals surface area (Å²) in [5, 5.41) is 9.70. The Morgan fingerprint density at radius 1 is 1.26 bits per heavy atom. The van der Waals surface area contributed by atoms with Crippen molar-refractivity contribution < 1.29 is 27.8 Å². The summed E-state index contributed by atoms with van der Waals surface area (Å²) < 4.78 is 38.2. The number of fused-ring (bicyclic) bond motifs is 3. The van der Waals surface area contributed by atoms with Gasteiger partial charge in [-0.15, -0.1) is 0 Å². The van der Waals surface area contributed by atoms with E-state index in [1.165, 1.54) is 22.8 Å². The summed E-state index contributed by atoms with van der Waals surface area (Å²) in [5.74, 6) is -1.53. The van der Waals surface area contributed by atoms with Crippen LogP contribution in [0.25, 0.3) is 11.3 Å². The number of carboxylic acids is 1. The molecule has 0 spiro atoms. The summed E-state index contributed by atoms with van der Waals surface area (Å²) in [6, 6.07) is 3.90. The first-order valence-electron chi connectivity index (χ1n) is 9.94. The molecule has 1 aromatic carbocycles. The molecular formula is C21H22ClNO7S. The van der Waals surface area contributed by atoms with E-state index in [4.69, 9.17) is 21.1 Å². The molecule has 8 nitrogen and oxygen atoms in total. The molecule has 0 atom stereocenters. The Labute approximate surface area is 184 Å². The third-order valence-corrected chi connectivity index (χ3v) is 7.70. The number of halogens is 1. The first-order chi connectivity index (χ1) is 14.7. The lowest BCUT2D eigenvalue weighted by molar-refractivity contribution is 0.0693. The molecule has 1 aromatic heterocycles. The monoisotopic (exact) mass is 467 g/mol. The number of benzene rings is 1. The maximum atomic E-state index is 13.1. The van der Waals surface area contributed by atoms with E-state index in [1.807, 2.05) is 0 Å². The first-order valence-corrected chi connectivity index (χ1v) is 12.0. The maximum absolute atomic E-state index is 13.1. The average Bonchev–Trinajstić information content (AvgIpc) is 2.66. The number of hydrogen-bond donors (Lipinski definition) is 1. The number of rotatable bonds is 7. The third kappa shape index (κ3) is 3.86. The molecular weight excluding hydrogens is 446 g/mol. The molecule has 1 saturated carbocycles. The number of methoxy groups -OCH3 is 1. The predicted molar refractivity (Wildman–Crippen MR) is 114 cm³/mol. The van der Waals surface area contributed by atoms with E-state index in [-0.39, 0.29) is 21.7 Å². The second-order valence-electron chi connectivity index (χ2n) is 7.73. The summed E-state index contributed by atoms with van der Waals surface area (Å²) in [6.07, 6.45) is 2.99. The minimum Gasteiger partial charge on any atom is -0.492 e. The number of hydrogen-bond acceptors (Lipinski definition) is 6. The summed E-state index contributed by atoms with van der Waals surface area (Å²) >= 11 is 6.40. The summed E-state index contributed by atoms with van der Waals surface area (Å²) in [6.45, 7) is 0.797. The molecule has 2 aromatic rings. The number of carbonyl (C=O) groups is 1. The fraction of sp³-hybridized carbons (Fsp3) is 0.429. The van der Waals surface area contributed by atoms with Crippen LogP contribution in [0.15, 0.2) is 27.9 Å². The van der Waals surface area contributed by atoms with E-state index in [0.29, 0.717) is 36.5 Å². The smallest absolute Gasteiger partial charge is 0.341 e. The first kappa shape index (κ1) is 21.9. The molecule has 1 aliphatic heterocycles. The Bertz CT molecular complexity index is 1220. The highest BCUT2D eigenvalue weighted by molar-refractivity contribution is 7.90. The van der Waals surface area contributed by atoms with Crippen molar-refractivity contribution in [2.45, 2.75) is 42.4 Å². The zero-order chi connectivity index (χ0) is 22.3. The number of aromatic carboxylic acids is 1. The molecule has 31 heavy (non-hydrogen) atoms. The van der Waals surface area contributed by atoms with Gasteiger partial charge in [0.15, 0.2) is 9.84 Å². The van der Waals surface area contributed by atoms with Crippen molar-refractivity contribution in [1.29, 1.82) is 0 Å². The van der Waals surface area contributed by atoms with Gasteiger partial charge in [-0.25, -0.2) is 13.2 Å². The number of sulfone groups is 1. The number of pyridine rings is 1. The standard InChI is InChI=1S/C21H22ClNO7S/c1-29-6-3-7-30-17-10-18-14(9-16(17)22)19-12(11-31(18,27)28)8-15(21(25)26)20(24)23(19)13-4-2-5-13/h8-10,13H,2-7,11H2,1H3,(H,25,26). The van der Waals surface area contributed by atoms with Crippen molar-refractivity contribution >= 4 is 27.4 Å². The number of aromatic nitrogens is 1. The van der Waals surface area contributed by atoms with Gasteiger partial charge in [-0.05, 0) is 37.0 Å². The highest BCUT2D eigenvalue weighted by atomic mass is 35.5. The molecule has 0 unspecified atom stereocenters. The van der Waals surface area contributed by atoms with E-state index >= 15 is 0 Å². The van der Waals surface area contributed by atoms with Gasteiger partial charge in [0, 0.05) is 37.8 Å². The normalized spacial score (nSPS) is 16.8. The largest absolute Gasteiger partial charge is 0.492 e. The van der Waals surface area contributed by atoms with E-state index in [0.717, 1.165) is 19.3 Å². The molecule has 0 amide bonds. The highest BCUT2D eigenvalue weighted by Gasteiger charge is 2.36. The Balaban J connectivity index is 1.91. The van der Waals surface area contributed by atoms with Gasteiger partial charge in [0.2, 0.25) is 0 Å². The van der Waals surface area contributed by atoms with Crippen LogP contribution in [-0.2, 0) is 20.3 Å². The molecule has 0 bridgehead atoms. The molecule has 4 rings (SSSR count). The van der Waals surface area contributed by atoms with Gasteiger partial charge in [0.05, 0.1) is 28.0 Å². The van der Waals surface area contributed by atoms with Crippen molar-refractivity contribution in [2.75, 3.05) is 20.3 Å². The van der Waals surface area contributed by atoms with Gasteiger partial charge in [-0.1, -0.05) is 11.6 Å². The zero-order valence-electron chi connectivity index (χ0n) is 16.9. The topological polar surface area (TPSA) is 112 Å². The van der Waals surface area contributed by atoms with Crippen molar-refractivity contribution in [2.24, 2.45) is 0 Å². The molecule has 0 radical (unpaired) electrons. The van der Waals surface area contributed by atoms with E-state index < -0.39 is 32.7 Å². The number of carboxylic acid groups (broad SMARTS) is 1. The Kier molecular flexibility index (Phi) is 5.85. The van der Waals surface area contributed by atoms with Crippen molar-refractivity contribution in [3.63, 3.8) is 0 Å².